The third kappa shape index (κ3) is 3.54. The van der Waals surface area contributed by atoms with Gasteiger partial charge in [0.2, 0.25) is 5.91 Å². The summed E-state index contributed by atoms with van der Waals surface area (Å²) in [5.74, 6) is -0.176. The van der Waals surface area contributed by atoms with Crippen LogP contribution in [0.25, 0.3) is 11.3 Å². The number of halogens is 2. The Labute approximate surface area is 168 Å². The molecule has 0 saturated carbocycles. The summed E-state index contributed by atoms with van der Waals surface area (Å²) in [7, 11) is 0. The molecule has 2 heterocycles. The molecule has 0 atom stereocenters. The number of nitrogens with zero attached hydrogens (tertiary/aromatic N) is 3. The van der Waals surface area contributed by atoms with Crippen LogP contribution in [0.3, 0.4) is 0 Å². The Morgan fingerprint density at radius 3 is 2.79 bits per heavy atom. The third-order valence-corrected chi connectivity index (χ3v) is 5.54. The van der Waals surface area contributed by atoms with Gasteiger partial charge in [-0.1, -0.05) is 29.8 Å². The van der Waals surface area contributed by atoms with Crippen LogP contribution in [0.15, 0.2) is 42.5 Å². The number of rotatable bonds is 3. The van der Waals surface area contributed by atoms with Gasteiger partial charge in [0.25, 0.3) is 0 Å². The van der Waals surface area contributed by atoms with Crippen molar-refractivity contribution in [3.05, 3.63) is 75.7 Å². The predicted octanol–water partition coefficient (Wildman–Crippen LogP) is 4.60. The molecule has 0 unspecified atom stereocenters. The second-order valence-corrected chi connectivity index (χ2v) is 7.64. The van der Waals surface area contributed by atoms with Gasteiger partial charge in [-0.15, -0.1) is 0 Å². The molecular weight excluding hydrogens is 377 g/mol. The SMILES string of the molecule is CC(=O)N1CCc2c(c(-c3cccc(Cl)c3)nn2Cc2ccc(F)cc2C)C1. The number of aryl methyl sites for hydroxylation is 1. The number of fused-ring (bicyclic) bond motifs is 1. The van der Waals surface area contributed by atoms with Crippen molar-refractivity contribution >= 4 is 17.5 Å². The van der Waals surface area contributed by atoms with Gasteiger partial charge in [-0.25, -0.2) is 4.39 Å². The summed E-state index contributed by atoms with van der Waals surface area (Å²) in [5, 5.41) is 5.53. The normalized spacial score (nSPS) is 13.5. The van der Waals surface area contributed by atoms with Crippen LogP contribution in [0.2, 0.25) is 5.02 Å². The van der Waals surface area contributed by atoms with Crippen molar-refractivity contribution in [2.45, 2.75) is 33.4 Å². The first-order valence-corrected chi connectivity index (χ1v) is 9.65. The van der Waals surface area contributed by atoms with Crippen molar-refractivity contribution in [3.63, 3.8) is 0 Å². The first-order chi connectivity index (χ1) is 13.4. The van der Waals surface area contributed by atoms with Gasteiger partial charge >= 0.3 is 0 Å². The maximum atomic E-state index is 13.5. The zero-order valence-electron chi connectivity index (χ0n) is 15.9. The number of hydrogen-bond acceptors (Lipinski definition) is 2. The van der Waals surface area contributed by atoms with Crippen LogP contribution in [0.5, 0.6) is 0 Å². The van der Waals surface area contributed by atoms with E-state index in [9.17, 15) is 9.18 Å². The molecule has 0 fully saturated rings. The van der Waals surface area contributed by atoms with Gasteiger partial charge in [0, 0.05) is 48.3 Å². The van der Waals surface area contributed by atoms with E-state index in [-0.39, 0.29) is 11.7 Å². The third-order valence-electron chi connectivity index (χ3n) is 5.30. The van der Waals surface area contributed by atoms with Gasteiger partial charge < -0.3 is 4.90 Å². The van der Waals surface area contributed by atoms with E-state index in [4.69, 9.17) is 16.7 Å². The number of carbonyl (C=O) groups is 1. The number of carbonyl (C=O) groups excluding carboxylic acids is 1. The Bertz CT molecular complexity index is 1060. The average molecular weight is 398 g/mol. The monoisotopic (exact) mass is 397 g/mol. The van der Waals surface area contributed by atoms with E-state index in [1.165, 1.54) is 6.07 Å². The highest BCUT2D eigenvalue weighted by molar-refractivity contribution is 6.30. The van der Waals surface area contributed by atoms with E-state index in [1.54, 1.807) is 13.0 Å². The molecular formula is C22H21ClFN3O. The highest BCUT2D eigenvalue weighted by Gasteiger charge is 2.27. The summed E-state index contributed by atoms with van der Waals surface area (Å²) in [6.07, 6.45) is 0.739. The fourth-order valence-corrected chi connectivity index (χ4v) is 3.95. The van der Waals surface area contributed by atoms with Crippen LogP contribution in [-0.4, -0.2) is 27.1 Å². The molecule has 1 aliphatic heterocycles. The van der Waals surface area contributed by atoms with E-state index < -0.39 is 0 Å². The molecule has 144 valence electrons. The Kier molecular flexibility index (Phi) is 4.94. The quantitative estimate of drug-likeness (QED) is 0.647. The van der Waals surface area contributed by atoms with E-state index in [1.807, 2.05) is 46.8 Å². The number of aromatic nitrogens is 2. The summed E-state index contributed by atoms with van der Waals surface area (Å²) >= 11 is 6.19. The van der Waals surface area contributed by atoms with Crippen LogP contribution in [0.1, 0.15) is 29.3 Å². The summed E-state index contributed by atoms with van der Waals surface area (Å²) in [5.41, 5.74) is 5.89. The lowest BCUT2D eigenvalue weighted by Gasteiger charge is -2.27. The fraction of sp³-hybridized carbons (Fsp3) is 0.273. The van der Waals surface area contributed by atoms with Crippen LogP contribution >= 0.6 is 11.6 Å². The molecule has 0 bridgehead atoms. The number of amides is 1. The second kappa shape index (κ2) is 7.40. The molecule has 1 aliphatic rings. The van der Waals surface area contributed by atoms with Crippen molar-refractivity contribution < 1.29 is 9.18 Å². The average Bonchev–Trinajstić information content (AvgIpc) is 3.02. The molecule has 1 aromatic heterocycles. The van der Waals surface area contributed by atoms with E-state index in [0.29, 0.717) is 24.7 Å². The molecule has 0 saturated heterocycles. The van der Waals surface area contributed by atoms with Crippen molar-refractivity contribution in [3.8, 4) is 11.3 Å². The van der Waals surface area contributed by atoms with Gasteiger partial charge in [-0.05, 0) is 42.3 Å². The first-order valence-electron chi connectivity index (χ1n) is 9.27. The number of benzene rings is 2. The highest BCUT2D eigenvalue weighted by Crippen LogP contribution is 2.32. The van der Waals surface area contributed by atoms with Gasteiger partial charge in [0.15, 0.2) is 0 Å². The van der Waals surface area contributed by atoms with Gasteiger partial charge in [-0.3, -0.25) is 9.48 Å². The van der Waals surface area contributed by atoms with E-state index >= 15 is 0 Å². The molecule has 0 aliphatic carbocycles. The molecule has 3 aromatic rings. The predicted molar refractivity (Wildman–Crippen MR) is 108 cm³/mol. The van der Waals surface area contributed by atoms with Crippen molar-refractivity contribution in [2.75, 3.05) is 6.54 Å². The number of hydrogen-bond donors (Lipinski definition) is 0. The van der Waals surface area contributed by atoms with Gasteiger partial charge in [0.1, 0.15) is 5.82 Å². The molecule has 0 radical (unpaired) electrons. The van der Waals surface area contributed by atoms with Crippen molar-refractivity contribution in [1.82, 2.24) is 14.7 Å². The minimum atomic E-state index is -0.236. The molecule has 0 N–H and O–H groups in total. The second-order valence-electron chi connectivity index (χ2n) is 7.20. The molecule has 4 rings (SSSR count). The summed E-state index contributed by atoms with van der Waals surface area (Å²) in [6, 6.07) is 12.4. The van der Waals surface area contributed by atoms with Crippen molar-refractivity contribution in [1.29, 1.82) is 0 Å². The summed E-state index contributed by atoms with van der Waals surface area (Å²) in [6.45, 7) is 5.27. The fourth-order valence-electron chi connectivity index (χ4n) is 3.76. The van der Waals surface area contributed by atoms with E-state index in [0.717, 1.165) is 40.1 Å². The lowest BCUT2D eigenvalue weighted by Crippen LogP contribution is -2.34. The van der Waals surface area contributed by atoms with Gasteiger partial charge in [0.05, 0.1) is 12.2 Å². The van der Waals surface area contributed by atoms with Crippen molar-refractivity contribution in [2.24, 2.45) is 0 Å². The Balaban J connectivity index is 1.79. The molecule has 6 heteroatoms. The minimum Gasteiger partial charge on any atom is -0.338 e. The van der Waals surface area contributed by atoms with E-state index in [2.05, 4.69) is 0 Å². The van der Waals surface area contributed by atoms with Gasteiger partial charge in [-0.2, -0.15) is 5.10 Å². The highest BCUT2D eigenvalue weighted by atomic mass is 35.5. The molecule has 0 spiro atoms. The smallest absolute Gasteiger partial charge is 0.219 e. The Hall–Kier alpha value is -2.66. The largest absolute Gasteiger partial charge is 0.338 e. The van der Waals surface area contributed by atoms with Crippen LogP contribution in [-0.2, 0) is 24.3 Å². The zero-order valence-corrected chi connectivity index (χ0v) is 16.6. The maximum absolute atomic E-state index is 13.5. The Morgan fingerprint density at radius 1 is 1.25 bits per heavy atom. The molecule has 2 aromatic carbocycles. The Morgan fingerprint density at radius 2 is 2.07 bits per heavy atom. The van der Waals surface area contributed by atoms with Crippen LogP contribution < -0.4 is 0 Å². The minimum absolute atomic E-state index is 0.0600. The standard InChI is InChI=1S/C22H21ClFN3O/c1-14-10-19(24)7-6-17(14)12-27-21-8-9-26(15(2)28)13-20(21)22(25-27)16-4-3-5-18(23)11-16/h3-7,10-11H,8-9,12-13H2,1-2H3. The summed E-state index contributed by atoms with van der Waals surface area (Å²) in [4.78, 5) is 13.8. The topological polar surface area (TPSA) is 38.1 Å². The molecule has 4 nitrogen and oxygen atoms in total. The van der Waals surface area contributed by atoms with Crippen LogP contribution in [0.4, 0.5) is 4.39 Å². The summed E-state index contributed by atoms with van der Waals surface area (Å²) < 4.78 is 15.5. The zero-order chi connectivity index (χ0) is 19.8. The molecule has 1 amide bonds. The maximum Gasteiger partial charge on any atom is 0.219 e. The lowest BCUT2D eigenvalue weighted by molar-refractivity contribution is -0.129. The van der Waals surface area contributed by atoms with Crippen LogP contribution in [0, 0.1) is 12.7 Å². The first kappa shape index (κ1) is 18.7. The lowest BCUT2D eigenvalue weighted by atomic mass is 10.0. The molecule has 28 heavy (non-hydrogen) atoms.